The molecular weight excluding hydrogens is 476 g/mol. The van der Waals surface area contributed by atoms with E-state index in [1.54, 1.807) is 25.2 Å². The molecule has 8 nitrogen and oxygen atoms in total. The van der Waals surface area contributed by atoms with Crippen LogP contribution in [0.5, 0.6) is 5.75 Å². The summed E-state index contributed by atoms with van der Waals surface area (Å²) in [5, 5.41) is 7.59. The topological polar surface area (TPSA) is 97.6 Å². The van der Waals surface area contributed by atoms with Crippen LogP contribution in [-0.2, 0) is 0 Å². The SMILES string of the molecule is Cc1cccc(-c2sc(C)nc2C(=O)N2C[C@@H]3CC(C)C[C@@H]3[C@H]2CNC(=O)Oc2c(C)noc2C)c1. The first-order valence-corrected chi connectivity index (χ1v) is 13.3. The molecule has 2 fully saturated rings. The number of aromatic nitrogens is 2. The van der Waals surface area contributed by atoms with Crippen LogP contribution in [0.1, 0.15) is 52.3 Å². The van der Waals surface area contributed by atoms with E-state index >= 15 is 0 Å². The summed E-state index contributed by atoms with van der Waals surface area (Å²) < 4.78 is 10.5. The minimum atomic E-state index is -0.573. The fourth-order valence-electron chi connectivity index (χ4n) is 5.87. The monoisotopic (exact) mass is 508 g/mol. The maximum absolute atomic E-state index is 14.0. The van der Waals surface area contributed by atoms with Gasteiger partial charge in [0.2, 0.25) is 0 Å². The number of nitrogens with zero attached hydrogens (tertiary/aromatic N) is 3. The number of carbonyl (C=O) groups excluding carboxylic acids is 2. The van der Waals surface area contributed by atoms with Crippen molar-refractivity contribution < 1.29 is 18.8 Å². The number of hydrogen-bond acceptors (Lipinski definition) is 7. The Morgan fingerprint density at radius 1 is 1.22 bits per heavy atom. The second-order valence-corrected chi connectivity index (χ2v) is 11.4. The zero-order chi connectivity index (χ0) is 25.6. The van der Waals surface area contributed by atoms with Gasteiger partial charge in [-0.3, -0.25) is 4.79 Å². The van der Waals surface area contributed by atoms with E-state index in [2.05, 4.69) is 28.4 Å². The molecule has 190 valence electrons. The average molecular weight is 509 g/mol. The largest absolute Gasteiger partial charge is 0.412 e. The molecule has 1 aliphatic carbocycles. The minimum Gasteiger partial charge on any atom is -0.405 e. The molecule has 0 bridgehead atoms. The summed E-state index contributed by atoms with van der Waals surface area (Å²) in [7, 11) is 0. The van der Waals surface area contributed by atoms with Crippen LogP contribution in [-0.4, -0.2) is 46.2 Å². The average Bonchev–Trinajstić information content (AvgIpc) is 3.57. The quantitative estimate of drug-likeness (QED) is 0.502. The van der Waals surface area contributed by atoms with Crippen molar-refractivity contribution in [1.82, 2.24) is 20.4 Å². The zero-order valence-corrected chi connectivity index (χ0v) is 22.1. The molecule has 0 radical (unpaired) electrons. The van der Waals surface area contributed by atoms with Gasteiger partial charge in [0.15, 0.2) is 11.5 Å². The number of thiazole rings is 1. The summed E-state index contributed by atoms with van der Waals surface area (Å²) in [4.78, 5) is 34.1. The van der Waals surface area contributed by atoms with Crippen molar-refractivity contribution in [1.29, 1.82) is 0 Å². The molecule has 1 aliphatic heterocycles. The van der Waals surface area contributed by atoms with Crippen molar-refractivity contribution in [3.8, 4) is 16.2 Å². The molecule has 1 unspecified atom stereocenters. The first kappa shape index (κ1) is 24.5. The van der Waals surface area contributed by atoms with Gasteiger partial charge in [0.1, 0.15) is 11.4 Å². The number of ether oxygens (including phenoxy) is 1. The van der Waals surface area contributed by atoms with Gasteiger partial charge in [-0.25, -0.2) is 9.78 Å². The highest BCUT2D eigenvalue weighted by Crippen LogP contribution is 2.46. The van der Waals surface area contributed by atoms with Crippen LogP contribution < -0.4 is 10.1 Å². The van der Waals surface area contributed by atoms with Gasteiger partial charge in [-0.05, 0) is 56.9 Å². The number of fused-ring (bicyclic) bond motifs is 1. The van der Waals surface area contributed by atoms with Gasteiger partial charge in [0.05, 0.1) is 15.9 Å². The Morgan fingerprint density at radius 2 is 2.03 bits per heavy atom. The lowest BCUT2D eigenvalue weighted by atomic mass is 9.93. The normalized spacial score (nSPS) is 23.1. The number of carbonyl (C=O) groups is 2. The second kappa shape index (κ2) is 9.69. The van der Waals surface area contributed by atoms with E-state index in [-0.39, 0.29) is 11.9 Å². The number of hydrogen-bond donors (Lipinski definition) is 1. The van der Waals surface area contributed by atoms with Crippen molar-refractivity contribution in [3.05, 3.63) is 52.0 Å². The molecule has 2 aliphatic rings. The Kier molecular flexibility index (Phi) is 6.59. The van der Waals surface area contributed by atoms with Gasteiger partial charge < -0.3 is 19.5 Å². The highest BCUT2D eigenvalue weighted by atomic mass is 32.1. The lowest BCUT2D eigenvalue weighted by Crippen LogP contribution is -2.46. The van der Waals surface area contributed by atoms with Gasteiger partial charge >= 0.3 is 6.09 Å². The number of rotatable bonds is 5. The molecule has 1 aromatic carbocycles. The van der Waals surface area contributed by atoms with Crippen molar-refractivity contribution in [2.45, 2.75) is 53.5 Å². The van der Waals surface area contributed by atoms with E-state index in [0.29, 0.717) is 53.7 Å². The third kappa shape index (κ3) is 4.64. The van der Waals surface area contributed by atoms with Crippen LogP contribution in [0.3, 0.4) is 0 Å². The van der Waals surface area contributed by atoms with Crippen LogP contribution >= 0.6 is 11.3 Å². The van der Waals surface area contributed by atoms with Gasteiger partial charge in [0.25, 0.3) is 5.91 Å². The van der Waals surface area contributed by atoms with Crippen LogP contribution in [0, 0.1) is 45.4 Å². The predicted molar refractivity (Wildman–Crippen MR) is 137 cm³/mol. The van der Waals surface area contributed by atoms with E-state index in [9.17, 15) is 9.59 Å². The highest BCUT2D eigenvalue weighted by Gasteiger charge is 2.48. The van der Waals surface area contributed by atoms with E-state index < -0.39 is 6.09 Å². The number of likely N-dealkylation sites (tertiary alicyclic amines) is 1. The lowest BCUT2D eigenvalue weighted by molar-refractivity contribution is 0.0702. The predicted octanol–water partition coefficient (Wildman–Crippen LogP) is 5.31. The van der Waals surface area contributed by atoms with Gasteiger partial charge in [-0.15, -0.1) is 11.3 Å². The number of benzene rings is 1. The van der Waals surface area contributed by atoms with Crippen molar-refractivity contribution in [2.75, 3.05) is 13.1 Å². The molecule has 1 saturated carbocycles. The van der Waals surface area contributed by atoms with Crippen molar-refractivity contribution in [2.24, 2.45) is 17.8 Å². The van der Waals surface area contributed by atoms with Crippen LogP contribution in [0.4, 0.5) is 4.79 Å². The van der Waals surface area contributed by atoms with E-state index in [1.807, 2.05) is 36.9 Å². The Labute approximate surface area is 215 Å². The number of nitrogens with one attached hydrogen (secondary N) is 1. The summed E-state index contributed by atoms with van der Waals surface area (Å²) in [6, 6.07) is 8.06. The molecule has 1 N–H and O–H groups in total. The molecule has 2 amide bonds. The highest BCUT2D eigenvalue weighted by molar-refractivity contribution is 7.15. The zero-order valence-electron chi connectivity index (χ0n) is 21.3. The fraction of sp³-hybridized carbons (Fsp3) is 0.481. The van der Waals surface area contributed by atoms with Crippen LogP contribution in [0.25, 0.3) is 10.4 Å². The van der Waals surface area contributed by atoms with Gasteiger partial charge in [-0.2, -0.15) is 0 Å². The lowest BCUT2D eigenvalue weighted by Gasteiger charge is -2.28. The Morgan fingerprint density at radius 3 is 2.75 bits per heavy atom. The summed E-state index contributed by atoms with van der Waals surface area (Å²) in [6.07, 6.45) is 1.56. The third-order valence-corrected chi connectivity index (χ3v) is 8.43. The van der Waals surface area contributed by atoms with E-state index in [1.165, 1.54) is 0 Å². The van der Waals surface area contributed by atoms with E-state index in [4.69, 9.17) is 9.26 Å². The molecule has 9 heteroatoms. The first-order chi connectivity index (χ1) is 17.2. The molecule has 0 spiro atoms. The Balaban J connectivity index is 1.37. The van der Waals surface area contributed by atoms with Gasteiger partial charge in [0, 0.05) is 20.0 Å². The molecule has 3 heterocycles. The maximum Gasteiger partial charge on any atom is 0.412 e. The fourth-order valence-corrected chi connectivity index (χ4v) is 6.77. The Bertz CT molecular complexity index is 1280. The molecule has 3 aromatic rings. The number of amides is 2. The Hall–Kier alpha value is -3.20. The summed E-state index contributed by atoms with van der Waals surface area (Å²) in [6.45, 7) is 10.7. The van der Waals surface area contributed by atoms with Crippen molar-refractivity contribution in [3.63, 3.8) is 0 Å². The third-order valence-electron chi connectivity index (χ3n) is 7.41. The molecule has 2 aromatic heterocycles. The molecule has 5 rings (SSSR count). The smallest absolute Gasteiger partial charge is 0.405 e. The second-order valence-electron chi connectivity index (χ2n) is 10.2. The summed E-state index contributed by atoms with van der Waals surface area (Å²) >= 11 is 1.55. The standard InChI is InChI=1S/C27H32N4O4S/c1-14-7-6-8-19(9-14)25-23(29-18(5)36-25)26(32)31-13-20-10-15(2)11-21(20)22(31)12-28-27(33)34-24-16(3)30-35-17(24)4/h6-9,15,20-22H,10-13H2,1-5H3,(H,28,33)/t15?,20-,21-,22+/m0/s1. The maximum atomic E-state index is 14.0. The molecule has 4 atom stereocenters. The molecular formula is C27H32N4O4S. The summed E-state index contributed by atoms with van der Waals surface area (Å²) in [5.41, 5.74) is 3.17. The van der Waals surface area contributed by atoms with Crippen molar-refractivity contribution >= 4 is 23.3 Å². The van der Waals surface area contributed by atoms with E-state index in [0.717, 1.165) is 33.9 Å². The van der Waals surface area contributed by atoms with Crippen LogP contribution in [0.15, 0.2) is 28.8 Å². The first-order valence-electron chi connectivity index (χ1n) is 12.4. The van der Waals surface area contributed by atoms with Gasteiger partial charge in [-0.1, -0.05) is 41.9 Å². The summed E-state index contributed by atoms with van der Waals surface area (Å²) in [5.74, 6) is 2.09. The van der Waals surface area contributed by atoms with Crippen LogP contribution in [0.2, 0.25) is 0 Å². The number of aryl methyl sites for hydroxylation is 4. The molecule has 1 saturated heterocycles. The molecule has 36 heavy (non-hydrogen) atoms. The minimum absolute atomic E-state index is 0.0659.